The maximum Gasteiger partial charge on any atom is 0.306 e. The Balaban J connectivity index is 4.54. The summed E-state index contributed by atoms with van der Waals surface area (Å²) in [6, 6.07) is -0.699. The molecular weight excluding hydrogens is 719 g/mol. The Morgan fingerprint density at radius 3 is 1.24 bits per heavy atom. The second kappa shape index (κ2) is 46.7. The fourth-order valence-electron chi connectivity index (χ4n) is 8.13. The van der Waals surface area contributed by atoms with E-state index in [0.29, 0.717) is 19.3 Å². The van der Waals surface area contributed by atoms with Crippen molar-refractivity contribution in [2.24, 2.45) is 0 Å². The van der Waals surface area contributed by atoms with Crippen molar-refractivity contribution < 1.29 is 24.5 Å². The van der Waals surface area contributed by atoms with E-state index in [-0.39, 0.29) is 24.9 Å². The number of unbranched alkanes of at least 4 members (excludes halogenated alkanes) is 33. The molecular formula is C52H101NO5. The molecule has 0 heterocycles. The third kappa shape index (κ3) is 41.3. The summed E-state index contributed by atoms with van der Waals surface area (Å²) in [7, 11) is 0. The zero-order valence-electron chi connectivity index (χ0n) is 39.2. The molecule has 0 aromatic rings. The fraction of sp³-hybridized carbons (Fsp3) is 0.923. The molecule has 0 aliphatic carbocycles. The van der Waals surface area contributed by atoms with E-state index in [1.807, 2.05) is 0 Å². The second-order valence-electron chi connectivity index (χ2n) is 17.9. The minimum absolute atomic E-state index is 0.0738. The number of carbonyl (C=O) groups is 2. The maximum absolute atomic E-state index is 13.2. The third-order valence-corrected chi connectivity index (χ3v) is 12.1. The lowest BCUT2D eigenvalue weighted by Gasteiger charge is -2.24. The van der Waals surface area contributed by atoms with Crippen molar-refractivity contribution in [3.63, 3.8) is 0 Å². The molecule has 0 saturated carbocycles. The van der Waals surface area contributed by atoms with Crippen LogP contribution in [0.15, 0.2) is 12.2 Å². The van der Waals surface area contributed by atoms with E-state index in [2.05, 4.69) is 38.2 Å². The largest absolute Gasteiger partial charge is 0.462 e. The smallest absolute Gasteiger partial charge is 0.306 e. The van der Waals surface area contributed by atoms with Crippen LogP contribution in [-0.4, -0.2) is 46.9 Å². The van der Waals surface area contributed by atoms with Crippen molar-refractivity contribution >= 4 is 11.9 Å². The number of carbonyl (C=O) groups excluding carboxylic acids is 2. The lowest BCUT2D eigenvalue weighted by atomic mass is 10.0. The van der Waals surface area contributed by atoms with Crippen LogP contribution in [0.4, 0.5) is 0 Å². The zero-order chi connectivity index (χ0) is 42.4. The van der Waals surface area contributed by atoms with Gasteiger partial charge in [0.25, 0.3) is 0 Å². The molecule has 0 aliphatic rings. The average molecular weight is 820 g/mol. The lowest BCUT2D eigenvalue weighted by Crippen LogP contribution is -2.46. The van der Waals surface area contributed by atoms with Gasteiger partial charge in [0.2, 0.25) is 5.91 Å². The van der Waals surface area contributed by atoms with Gasteiger partial charge in [0.1, 0.15) is 6.10 Å². The van der Waals surface area contributed by atoms with Crippen molar-refractivity contribution in [2.75, 3.05) is 6.61 Å². The quantitative estimate of drug-likeness (QED) is 0.0323. The summed E-state index contributed by atoms with van der Waals surface area (Å²) in [5, 5.41) is 23.8. The molecule has 0 aliphatic heterocycles. The van der Waals surface area contributed by atoms with Crippen LogP contribution in [0.2, 0.25) is 0 Å². The molecule has 1 amide bonds. The van der Waals surface area contributed by atoms with E-state index in [0.717, 1.165) is 57.8 Å². The monoisotopic (exact) mass is 820 g/mol. The Bertz CT molecular complexity index is 878. The normalized spacial score (nSPS) is 13.3. The second-order valence-corrected chi connectivity index (χ2v) is 17.9. The predicted octanol–water partition coefficient (Wildman–Crippen LogP) is 15.3. The molecule has 58 heavy (non-hydrogen) atoms. The highest BCUT2D eigenvalue weighted by Crippen LogP contribution is 2.18. The van der Waals surface area contributed by atoms with Crippen LogP contribution >= 0.6 is 0 Å². The van der Waals surface area contributed by atoms with Crippen molar-refractivity contribution in [1.82, 2.24) is 5.32 Å². The highest BCUT2D eigenvalue weighted by atomic mass is 16.5. The number of aliphatic hydroxyl groups excluding tert-OH is 2. The van der Waals surface area contributed by atoms with Gasteiger partial charge in [0, 0.05) is 6.42 Å². The van der Waals surface area contributed by atoms with E-state index in [9.17, 15) is 19.8 Å². The topological polar surface area (TPSA) is 95.9 Å². The number of amides is 1. The minimum atomic E-state index is -0.785. The predicted molar refractivity (Wildman–Crippen MR) is 250 cm³/mol. The number of esters is 1. The van der Waals surface area contributed by atoms with Gasteiger partial charge in [0.15, 0.2) is 0 Å². The van der Waals surface area contributed by atoms with Crippen LogP contribution in [0.25, 0.3) is 0 Å². The molecule has 0 saturated heterocycles. The lowest BCUT2D eigenvalue weighted by molar-refractivity contribution is -0.151. The Labute approximate surface area is 361 Å². The number of rotatable bonds is 47. The number of ether oxygens (including phenoxy) is 1. The summed E-state index contributed by atoms with van der Waals surface area (Å²) in [5.74, 6) is -0.474. The molecule has 6 heteroatoms. The average Bonchev–Trinajstić information content (AvgIpc) is 3.22. The van der Waals surface area contributed by atoms with E-state index in [1.165, 1.54) is 180 Å². The van der Waals surface area contributed by atoms with E-state index in [4.69, 9.17) is 4.74 Å². The molecule has 3 unspecified atom stereocenters. The van der Waals surface area contributed by atoms with Crippen LogP contribution in [0, 0.1) is 0 Å². The maximum atomic E-state index is 13.2. The first-order chi connectivity index (χ1) is 28.5. The van der Waals surface area contributed by atoms with Crippen LogP contribution in [0.1, 0.15) is 284 Å². The standard InChI is InChI=1S/C52H101NO5/c1-4-7-10-13-16-19-22-24-26-29-31-34-37-40-43-48(58-52(57)45-42-39-36-33-28-21-18-15-12-9-6-3)46-51(56)53-49(47-54)50(55)44-41-38-35-32-30-27-25-23-20-17-14-11-8-5-2/h26,29,48-50,54-55H,4-25,27-28,30-47H2,1-3H3,(H,53,56)/b29-26+. The van der Waals surface area contributed by atoms with Crippen molar-refractivity contribution in [3.05, 3.63) is 12.2 Å². The van der Waals surface area contributed by atoms with Gasteiger partial charge in [-0.2, -0.15) is 0 Å². The minimum Gasteiger partial charge on any atom is -0.462 e. The Kier molecular flexibility index (Phi) is 45.5. The summed E-state index contributed by atoms with van der Waals surface area (Å²) in [6.07, 6.45) is 51.3. The molecule has 0 radical (unpaired) electrons. The van der Waals surface area contributed by atoms with Crippen LogP contribution in [0.3, 0.4) is 0 Å². The van der Waals surface area contributed by atoms with Crippen LogP contribution < -0.4 is 5.32 Å². The van der Waals surface area contributed by atoms with Gasteiger partial charge in [-0.1, -0.05) is 232 Å². The first-order valence-electron chi connectivity index (χ1n) is 25.9. The zero-order valence-corrected chi connectivity index (χ0v) is 39.2. The Morgan fingerprint density at radius 1 is 0.483 bits per heavy atom. The Hall–Kier alpha value is -1.40. The number of nitrogens with one attached hydrogen (secondary N) is 1. The van der Waals surface area contributed by atoms with Gasteiger partial charge in [-0.15, -0.1) is 0 Å². The van der Waals surface area contributed by atoms with Gasteiger partial charge in [-0.05, 0) is 51.4 Å². The number of allylic oxidation sites excluding steroid dienone is 2. The molecule has 344 valence electrons. The molecule has 0 fully saturated rings. The summed E-state index contributed by atoms with van der Waals surface area (Å²) in [4.78, 5) is 26.1. The summed E-state index contributed by atoms with van der Waals surface area (Å²) in [6.45, 7) is 6.49. The first kappa shape index (κ1) is 56.6. The summed E-state index contributed by atoms with van der Waals surface area (Å²) >= 11 is 0. The number of hydrogen-bond acceptors (Lipinski definition) is 5. The highest BCUT2D eigenvalue weighted by molar-refractivity contribution is 5.77. The van der Waals surface area contributed by atoms with Gasteiger partial charge in [-0.3, -0.25) is 9.59 Å². The summed E-state index contributed by atoms with van der Waals surface area (Å²) in [5.41, 5.74) is 0. The van der Waals surface area contributed by atoms with Crippen LogP contribution in [-0.2, 0) is 14.3 Å². The van der Waals surface area contributed by atoms with Gasteiger partial charge < -0.3 is 20.3 Å². The molecule has 0 bridgehead atoms. The summed E-state index contributed by atoms with van der Waals surface area (Å²) < 4.78 is 5.92. The fourth-order valence-corrected chi connectivity index (χ4v) is 8.13. The molecule has 0 spiro atoms. The van der Waals surface area contributed by atoms with E-state index < -0.39 is 18.2 Å². The molecule has 0 aromatic heterocycles. The van der Waals surface area contributed by atoms with Gasteiger partial charge in [-0.25, -0.2) is 0 Å². The molecule has 0 rings (SSSR count). The third-order valence-electron chi connectivity index (χ3n) is 12.1. The van der Waals surface area contributed by atoms with Crippen molar-refractivity contribution in [1.29, 1.82) is 0 Å². The van der Waals surface area contributed by atoms with Crippen molar-refractivity contribution in [2.45, 2.75) is 302 Å². The number of aliphatic hydroxyl groups is 2. The van der Waals surface area contributed by atoms with Crippen LogP contribution in [0.5, 0.6) is 0 Å². The number of hydrogen-bond donors (Lipinski definition) is 3. The molecule has 3 atom stereocenters. The van der Waals surface area contributed by atoms with E-state index >= 15 is 0 Å². The Morgan fingerprint density at radius 2 is 0.828 bits per heavy atom. The van der Waals surface area contributed by atoms with Gasteiger partial charge >= 0.3 is 5.97 Å². The first-order valence-corrected chi connectivity index (χ1v) is 25.9. The van der Waals surface area contributed by atoms with E-state index in [1.54, 1.807) is 0 Å². The van der Waals surface area contributed by atoms with Gasteiger partial charge in [0.05, 0.1) is 25.2 Å². The molecule has 3 N–H and O–H groups in total. The molecule has 6 nitrogen and oxygen atoms in total. The SMILES string of the molecule is CCCCCCCCC/C=C/CCCCCC(CC(=O)NC(CO)C(O)CCCCCCCCCCCCCCCC)OC(=O)CCCCCCCCCCCCC. The van der Waals surface area contributed by atoms with Crippen molar-refractivity contribution in [3.8, 4) is 0 Å². The molecule has 0 aromatic carbocycles. The highest BCUT2D eigenvalue weighted by Gasteiger charge is 2.24.